The fraction of sp³-hybridized carbons (Fsp3) is 0.476. The van der Waals surface area contributed by atoms with Crippen LogP contribution >= 0.6 is 0 Å². The zero-order chi connectivity index (χ0) is 18.4. The number of aliphatic imine (C=N–C) groups is 1. The quantitative estimate of drug-likeness (QED) is 0.297. The molecule has 2 nitrogen and oxygen atoms in total. The van der Waals surface area contributed by atoms with Crippen LogP contribution in [-0.2, 0) is 11.2 Å². The Morgan fingerprint density at radius 2 is 2.12 bits per heavy atom. The molecule has 0 atom stereocenters. The van der Waals surface area contributed by atoms with Crippen LogP contribution in [0.1, 0.15) is 43.7 Å². The van der Waals surface area contributed by atoms with Crippen LogP contribution in [0.5, 0.6) is 0 Å². The minimum atomic E-state index is -3.22. The van der Waals surface area contributed by atoms with Crippen LogP contribution in [0, 0.1) is 12.8 Å². The van der Waals surface area contributed by atoms with Gasteiger partial charge >= 0.3 is 5.92 Å². The molecule has 136 valence electrons. The predicted molar refractivity (Wildman–Crippen MR) is 99.8 cm³/mol. The van der Waals surface area contributed by atoms with Gasteiger partial charge in [0, 0.05) is 0 Å². The van der Waals surface area contributed by atoms with E-state index in [2.05, 4.69) is 18.5 Å². The van der Waals surface area contributed by atoms with Crippen molar-refractivity contribution in [3.63, 3.8) is 0 Å². The van der Waals surface area contributed by atoms with Gasteiger partial charge in [0.25, 0.3) is 0 Å². The summed E-state index contributed by atoms with van der Waals surface area (Å²) in [6.07, 6.45) is 7.45. The lowest BCUT2D eigenvalue weighted by Gasteiger charge is -2.17. The summed E-state index contributed by atoms with van der Waals surface area (Å²) in [7, 11) is 1.33. The van der Waals surface area contributed by atoms with Gasteiger partial charge in [-0.2, -0.15) is 8.78 Å². The Balaban J connectivity index is 2.25. The van der Waals surface area contributed by atoms with Crippen LogP contribution < -0.4 is 0 Å². The number of halogens is 2. The average Bonchev–Trinajstić information content (AvgIpc) is 3.41. The zero-order valence-corrected chi connectivity index (χ0v) is 15.3. The van der Waals surface area contributed by atoms with Crippen LogP contribution in [0.4, 0.5) is 14.5 Å². The van der Waals surface area contributed by atoms with E-state index in [1.807, 2.05) is 19.1 Å². The molecule has 0 bridgehead atoms. The fourth-order valence-electron chi connectivity index (χ4n) is 2.65. The number of alkyl halides is 2. The van der Waals surface area contributed by atoms with Crippen LogP contribution in [-0.4, -0.2) is 18.7 Å². The molecule has 0 heterocycles. The lowest BCUT2D eigenvalue weighted by atomic mass is 10.1. The molecule has 0 spiro atoms. The summed E-state index contributed by atoms with van der Waals surface area (Å²) in [4.78, 5) is 4.19. The summed E-state index contributed by atoms with van der Waals surface area (Å²) >= 11 is 0. The number of rotatable bonds is 9. The van der Waals surface area contributed by atoms with E-state index >= 15 is 0 Å². The van der Waals surface area contributed by atoms with Crippen molar-refractivity contribution in [2.24, 2.45) is 10.9 Å². The van der Waals surface area contributed by atoms with E-state index in [0.717, 1.165) is 36.0 Å². The Bertz CT molecular complexity index is 672. The summed E-state index contributed by atoms with van der Waals surface area (Å²) in [6, 6.07) is 5.64. The summed E-state index contributed by atoms with van der Waals surface area (Å²) in [5.41, 5.74) is 2.08. The highest BCUT2D eigenvalue weighted by atomic mass is 19.3. The van der Waals surface area contributed by atoms with Crippen molar-refractivity contribution in [1.29, 1.82) is 0 Å². The van der Waals surface area contributed by atoms with Gasteiger partial charge in [-0.3, -0.25) is 0 Å². The third-order valence-corrected chi connectivity index (χ3v) is 4.49. The van der Waals surface area contributed by atoms with Gasteiger partial charge in [-0.25, -0.2) is 4.99 Å². The molecular formula is C21H27F2NO. The van der Waals surface area contributed by atoms with Crippen molar-refractivity contribution in [2.75, 3.05) is 7.11 Å². The molecule has 1 aromatic carbocycles. The number of ether oxygens (including phenoxy) is 1. The molecule has 0 amide bonds. The molecule has 0 unspecified atom stereocenters. The van der Waals surface area contributed by atoms with E-state index in [1.165, 1.54) is 20.0 Å². The van der Waals surface area contributed by atoms with E-state index < -0.39 is 11.6 Å². The summed E-state index contributed by atoms with van der Waals surface area (Å²) in [5, 5.41) is 0. The first-order valence-electron chi connectivity index (χ1n) is 8.84. The van der Waals surface area contributed by atoms with E-state index in [9.17, 15) is 8.78 Å². The van der Waals surface area contributed by atoms with Gasteiger partial charge in [-0.05, 0) is 55.4 Å². The Kier molecular flexibility index (Phi) is 6.51. The molecule has 4 heteroatoms. The van der Waals surface area contributed by atoms with Gasteiger partial charge in [-0.15, -0.1) is 0 Å². The first kappa shape index (κ1) is 19.4. The van der Waals surface area contributed by atoms with E-state index in [1.54, 1.807) is 12.1 Å². The van der Waals surface area contributed by atoms with Crippen molar-refractivity contribution in [2.45, 2.75) is 51.9 Å². The topological polar surface area (TPSA) is 21.6 Å². The largest absolute Gasteiger partial charge is 0.495 e. The predicted octanol–water partition coefficient (Wildman–Crippen LogP) is 6.17. The van der Waals surface area contributed by atoms with Crippen LogP contribution in [0.3, 0.4) is 0 Å². The SMILES string of the molecule is C=C(OC)/C(=N\c1ccc(CC)cc1C)C(F)(F)/C=C/CCC1CC1. The van der Waals surface area contributed by atoms with Gasteiger partial charge < -0.3 is 4.74 Å². The van der Waals surface area contributed by atoms with E-state index in [0.29, 0.717) is 12.1 Å². The highest BCUT2D eigenvalue weighted by molar-refractivity contribution is 6.06. The Hall–Kier alpha value is -1.97. The first-order valence-corrected chi connectivity index (χ1v) is 8.84. The van der Waals surface area contributed by atoms with Gasteiger partial charge in [-0.1, -0.05) is 44.6 Å². The maximum atomic E-state index is 14.7. The molecule has 1 aliphatic carbocycles. The molecule has 0 N–H and O–H groups in total. The molecule has 2 rings (SSSR count). The zero-order valence-electron chi connectivity index (χ0n) is 15.3. The highest BCUT2D eigenvalue weighted by Gasteiger charge is 2.35. The normalized spacial score (nSPS) is 15.6. The fourth-order valence-corrected chi connectivity index (χ4v) is 2.65. The lowest BCUT2D eigenvalue weighted by molar-refractivity contribution is 0.129. The van der Waals surface area contributed by atoms with Crippen LogP contribution in [0.2, 0.25) is 0 Å². The van der Waals surface area contributed by atoms with Gasteiger partial charge in [0.1, 0.15) is 5.76 Å². The first-order chi connectivity index (χ1) is 11.9. The Labute approximate surface area is 149 Å². The summed E-state index contributed by atoms with van der Waals surface area (Å²) < 4.78 is 34.3. The Morgan fingerprint density at radius 3 is 2.68 bits per heavy atom. The summed E-state index contributed by atoms with van der Waals surface area (Å²) in [5.74, 6) is -2.61. The van der Waals surface area contributed by atoms with Gasteiger partial charge in [0.2, 0.25) is 0 Å². The van der Waals surface area contributed by atoms with Gasteiger partial charge in [0.15, 0.2) is 5.71 Å². The maximum Gasteiger partial charge on any atom is 0.311 e. The minimum Gasteiger partial charge on any atom is -0.495 e. The molecule has 0 aliphatic heterocycles. The summed E-state index contributed by atoms with van der Waals surface area (Å²) in [6.45, 7) is 7.52. The third-order valence-electron chi connectivity index (χ3n) is 4.49. The van der Waals surface area contributed by atoms with E-state index in [-0.39, 0.29) is 5.76 Å². The van der Waals surface area contributed by atoms with Gasteiger partial charge in [0.05, 0.1) is 12.8 Å². The maximum absolute atomic E-state index is 14.7. The molecule has 1 aliphatic rings. The molecular weight excluding hydrogens is 320 g/mol. The smallest absolute Gasteiger partial charge is 0.311 e. The highest BCUT2D eigenvalue weighted by Crippen LogP contribution is 2.34. The second-order valence-corrected chi connectivity index (χ2v) is 6.61. The molecule has 1 saturated carbocycles. The number of hydrogen-bond acceptors (Lipinski definition) is 2. The molecule has 0 saturated heterocycles. The average molecular weight is 347 g/mol. The number of hydrogen-bond donors (Lipinski definition) is 0. The van der Waals surface area contributed by atoms with Crippen LogP contribution in [0.25, 0.3) is 0 Å². The molecule has 0 radical (unpaired) electrons. The number of methoxy groups -OCH3 is 1. The standard InChI is InChI=1S/C21H27F2NO/c1-5-17-11-12-19(15(2)14-17)24-20(16(3)25-4)21(22,23)13-7-6-8-18-9-10-18/h7,11-14,18H,3,5-6,8-10H2,1-2,4H3/b13-7+,24-20+. The number of nitrogens with zero attached hydrogens (tertiary/aromatic N) is 1. The number of benzene rings is 1. The Morgan fingerprint density at radius 1 is 1.40 bits per heavy atom. The minimum absolute atomic E-state index is 0.115. The molecule has 1 fully saturated rings. The second-order valence-electron chi connectivity index (χ2n) is 6.61. The molecule has 25 heavy (non-hydrogen) atoms. The number of aryl methyl sites for hydroxylation is 2. The van der Waals surface area contributed by atoms with E-state index in [4.69, 9.17) is 4.74 Å². The van der Waals surface area contributed by atoms with Crippen LogP contribution in [0.15, 0.2) is 47.7 Å². The monoisotopic (exact) mass is 347 g/mol. The number of allylic oxidation sites excluding steroid dienone is 3. The lowest BCUT2D eigenvalue weighted by Crippen LogP contribution is -2.28. The molecule has 1 aromatic rings. The van der Waals surface area contributed by atoms with Crippen molar-refractivity contribution in [3.05, 3.63) is 53.8 Å². The second kappa shape index (κ2) is 8.41. The van der Waals surface area contributed by atoms with Crippen molar-refractivity contribution < 1.29 is 13.5 Å². The van der Waals surface area contributed by atoms with Crippen molar-refractivity contribution in [3.8, 4) is 0 Å². The van der Waals surface area contributed by atoms with Crippen molar-refractivity contribution >= 4 is 11.4 Å². The van der Waals surface area contributed by atoms with Crippen molar-refractivity contribution in [1.82, 2.24) is 0 Å². The third kappa shape index (κ3) is 5.52. The molecule has 0 aromatic heterocycles.